The molecule has 0 amide bonds. The van der Waals surface area contributed by atoms with Crippen LogP contribution in [0.15, 0.2) is 0 Å². The van der Waals surface area contributed by atoms with Crippen LogP contribution in [0, 0.1) is 19.3 Å². The van der Waals surface area contributed by atoms with Crippen molar-refractivity contribution in [2.24, 2.45) is 5.92 Å². The number of hydrogen-bond donors (Lipinski definition) is 0. The van der Waals surface area contributed by atoms with Gasteiger partial charge in [0.05, 0.1) is 0 Å². The zero-order chi connectivity index (χ0) is 6.99. The predicted octanol–water partition coefficient (Wildman–Crippen LogP) is 2.72. The molecule has 9 heavy (non-hydrogen) atoms. The first-order chi connectivity index (χ1) is 3.65. The van der Waals surface area contributed by atoms with Crippen molar-refractivity contribution in [3.05, 3.63) is 13.3 Å². The molecule has 0 unspecified atom stereocenters. The molecular weight excluding hydrogens is 120 g/mol. The molecule has 0 aromatic carbocycles. The third-order valence-electron chi connectivity index (χ3n) is 0.408. The maximum Gasteiger partial charge on any atom is 2.00 e. The molecule has 0 aliphatic rings. The summed E-state index contributed by atoms with van der Waals surface area (Å²) in [6.45, 7) is 11.9. The Labute approximate surface area is 76.6 Å². The molecular formula is C8H18Mg. The van der Waals surface area contributed by atoms with Crippen molar-refractivity contribution in [2.75, 3.05) is 0 Å². The zero-order valence-electron chi connectivity index (χ0n) is 7.28. The average molecular weight is 139 g/mol. The Kier molecular flexibility index (Phi) is 29.0. The van der Waals surface area contributed by atoms with E-state index in [1.54, 1.807) is 0 Å². The average Bonchev–Trinajstić information content (AvgIpc) is 1.65. The molecule has 0 aliphatic heterocycles. The first-order valence-corrected chi connectivity index (χ1v) is 3.26. The van der Waals surface area contributed by atoms with E-state index in [1.807, 2.05) is 0 Å². The van der Waals surface area contributed by atoms with Crippen molar-refractivity contribution in [1.29, 1.82) is 0 Å². The zero-order valence-corrected chi connectivity index (χ0v) is 8.69. The Morgan fingerprint density at radius 1 is 1.44 bits per heavy atom. The molecule has 0 saturated heterocycles. The van der Waals surface area contributed by atoms with E-state index < -0.39 is 0 Å². The molecule has 0 bridgehead atoms. The van der Waals surface area contributed by atoms with Gasteiger partial charge in [-0.15, -0.1) is 0 Å². The molecule has 0 rings (SSSR count). The molecule has 0 radical (unpaired) electrons. The van der Waals surface area contributed by atoms with Gasteiger partial charge in [0.15, 0.2) is 0 Å². The van der Waals surface area contributed by atoms with Gasteiger partial charge in [-0.25, -0.2) is 0 Å². The summed E-state index contributed by atoms with van der Waals surface area (Å²) in [5, 5.41) is 0. The van der Waals surface area contributed by atoms with Crippen LogP contribution in [0.2, 0.25) is 0 Å². The molecule has 0 spiro atoms. The summed E-state index contributed by atoms with van der Waals surface area (Å²) in [6, 6.07) is 0. The molecule has 0 aromatic rings. The second-order valence-electron chi connectivity index (χ2n) is 2.21. The molecule has 0 aliphatic carbocycles. The van der Waals surface area contributed by atoms with Crippen molar-refractivity contribution < 1.29 is 0 Å². The number of rotatable bonds is 1. The SMILES string of the molecule is C[CH-]CC.[CH2-]C(C)C.[Mg+2]. The number of unbranched alkanes of at least 4 members (excludes halogenated alkanes) is 1. The van der Waals surface area contributed by atoms with Crippen molar-refractivity contribution in [3.63, 3.8) is 0 Å². The predicted molar refractivity (Wildman–Crippen MR) is 46.2 cm³/mol. The third kappa shape index (κ3) is 129. The maximum atomic E-state index is 3.64. The second kappa shape index (κ2) is 15.9. The first kappa shape index (κ1) is 16.4. The van der Waals surface area contributed by atoms with E-state index in [2.05, 4.69) is 41.0 Å². The van der Waals surface area contributed by atoms with Crippen molar-refractivity contribution in [2.45, 2.75) is 34.1 Å². The molecule has 0 aromatic heterocycles. The van der Waals surface area contributed by atoms with Crippen molar-refractivity contribution >= 4 is 23.1 Å². The summed E-state index contributed by atoms with van der Waals surface area (Å²) in [5.74, 6) is 0.583. The minimum absolute atomic E-state index is 0. The Balaban J connectivity index is -0.0000000720. The van der Waals surface area contributed by atoms with Gasteiger partial charge in [-0.1, -0.05) is 20.8 Å². The quantitative estimate of drug-likeness (QED) is 0.386. The molecule has 0 atom stereocenters. The van der Waals surface area contributed by atoms with Gasteiger partial charge in [0.2, 0.25) is 0 Å². The fraction of sp³-hybridized carbons (Fsp3) is 0.750. The van der Waals surface area contributed by atoms with Crippen LogP contribution >= 0.6 is 0 Å². The van der Waals surface area contributed by atoms with Gasteiger partial charge >= 0.3 is 23.1 Å². The van der Waals surface area contributed by atoms with Gasteiger partial charge in [-0.2, -0.15) is 19.3 Å². The van der Waals surface area contributed by atoms with Crippen LogP contribution in [0.5, 0.6) is 0 Å². The van der Waals surface area contributed by atoms with E-state index >= 15 is 0 Å². The maximum absolute atomic E-state index is 3.64. The van der Waals surface area contributed by atoms with E-state index in [0.717, 1.165) is 0 Å². The van der Waals surface area contributed by atoms with Crippen molar-refractivity contribution in [3.8, 4) is 0 Å². The molecule has 1 heteroatoms. The molecule has 52 valence electrons. The van der Waals surface area contributed by atoms with Crippen molar-refractivity contribution in [1.82, 2.24) is 0 Å². The minimum Gasteiger partial charge on any atom is -0.341 e. The molecule has 0 heterocycles. The van der Waals surface area contributed by atoms with Crippen LogP contribution in [0.3, 0.4) is 0 Å². The first-order valence-electron chi connectivity index (χ1n) is 3.26. The van der Waals surface area contributed by atoms with E-state index in [-0.39, 0.29) is 23.1 Å². The van der Waals surface area contributed by atoms with E-state index in [4.69, 9.17) is 0 Å². The van der Waals surface area contributed by atoms with Gasteiger partial charge in [-0.3, -0.25) is 0 Å². The van der Waals surface area contributed by atoms with Crippen LogP contribution in [0.25, 0.3) is 0 Å². The number of hydrogen-bond acceptors (Lipinski definition) is 0. The summed E-state index contributed by atoms with van der Waals surface area (Å²) in [5.41, 5.74) is 0. The fourth-order valence-electron chi connectivity index (χ4n) is 0. The van der Waals surface area contributed by atoms with Gasteiger partial charge in [0, 0.05) is 0 Å². The summed E-state index contributed by atoms with van der Waals surface area (Å²) >= 11 is 0. The second-order valence-corrected chi connectivity index (χ2v) is 2.21. The van der Waals surface area contributed by atoms with Gasteiger partial charge in [0.25, 0.3) is 0 Å². The standard InChI is InChI=1S/2C4H9.Mg/c1-4(2)3;1-3-4-2;/h4H,1H2,2-3H3;3H,4H2,1-2H3;/q2*-1;+2. The van der Waals surface area contributed by atoms with E-state index in [1.165, 1.54) is 6.42 Å². The van der Waals surface area contributed by atoms with Crippen LogP contribution in [0.4, 0.5) is 0 Å². The summed E-state index contributed by atoms with van der Waals surface area (Å²) < 4.78 is 0. The summed E-state index contributed by atoms with van der Waals surface area (Å²) in [7, 11) is 0. The van der Waals surface area contributed by atoms with Crippen LogP contribution in [-0.2, 0) is 0 Å². The van der Waals surface area contributed by atoms with Gasteiger partial charge < -0.3 is 13.3 Å². The van der Waals surface area contributed by atoms with Gasteiger partial charge in [0.1, 0.15) is 0 Å². The van der Waals surface area contributed by atoms with E-state index in [9.17, 15) is 0 Å². The van der Waals surface area contributed by atoms with Crippen LogP contribution < -0.4 is 0 Å². The Bertz CT molecular complexity index is 21.0. The van der Waals surface area contributed by atoms with Crippen LogP contribution in [0.1, 0.15) is 34.1 Å². The van der Waals surface area contributed by atoms with Crippen LogP contribution in [-0.4, -0.2) is 23.1 Å². The molecule has 0 saturated carbocycles. The Morgan fingerprint density at radius 3 is 1.56 bits per heavy atom. The van der Waals surface area contributed by atoms with Gasteiger partial charge in [-0.05, 0) is 0 Å². The summed E-state index contributed by atoms with van der Waals surface area (Å²) in [4.78, 5) is 0. The largest absolute Gasteiger partial charge is 2.00 e. The Morgan fingerprint density at radius 2 is 1.56 bits per heavy atom. The topological polar surface area (TPSA) is 0 Å². The molecule has 0 nitrogen and oxygen atoms in total. The third-order valence-corrected chi connectivity index (χ3v) is 0.408. The molecule has 0 N–H and O–H groups in total. The fourth-order valence-corrected chi connectivity index (χ4v) is 0. The molecule has 0 fully saturated rings. The smallest absolute Gasteiger partial charge is 0.341 e. The normalized spacial score (nSPS) is 7.33. The monoisotopic (exact) mass is 138 g/mol. The Hall–Kier alpha value is 0.766. The minimum atomic E-state index is 0. The summed E-state index contributed by atoms with van der Waals surface area (Å²) in [6.07, 6.45) is 3.32. The van der Waals surface area contributed by atoms with E-state index in [0.29, 0.717) is 5.92 Å².